The van der Waals surface area contributed by atoms with E-state index in [1.54, 1.807) is 11.8 Å². The second-order valence-corrected chi connectivity index (χ2v) is 8.10. The Morgan fingerprint density at radius 2 is 1.54 bits per heavy atom. The lowest BCUT2D eigenvalue weighted by atomic mass is 10.2. The number of fused-ring (bicyclic) bond motifs is 2. The first-order chi connectivity index (χ1) is 11.7. The molecule has 2 aliphatic rings. The summed E-state index contributed by atoms with van der Waals surface area (Å²) >= 11 is 1.75. The first-order valence-corrected chi connectivity index (χ1v) is 9.50. The zero-order valence-electron chi connectivity index (χ0n) is 14.1. The molecule has 0 atom stereocenters. The minimum absolute atomic E-state index is 0.210. The number of hydrogen-bond acceptors (Lipinski definition) is 2. The molecule has 1 amide bonds. The molecule has 1 fully saturated rings. The number of carbonyl (C=O) groups excluding carboxylic acids is 1. The fourth-order valence-corrected chi connectivity index (χ4v) is 4.83. The second-order valence-electron chi connectivity index (χ2n) is 7.01. The molecule has 2 aliphatic heterocycles. The van der Waals surface area contributed by atoms with E-state index in [1.807, 2.05) is 29.2 Å². The van der Waals surface area contributed by atoms with Crippen LogP contribution < -0.4 is 4.90 Å². The average Bonchev–Trinajstić information content (AvgIpc) is 3.04. The Hall–Kier alpha value is -1.78. The highest BCUT2D eigenvalue weighted by Gasteiger charge is 2.31. The van der Waals surface area contributed by atoms with Gasteiger partial charge in [0, 0.05) is 22.6 Å². The molecular weight excluding hydrogens is 316 g/mol. The van der Waals surface area contributed by atoms with Gasteiger partial charge in [0.05, 0.1) is 44.5 Å². The molecule has 4 heteroatoms. The normalized spacial score (nSPS) is 18.1. The maximum Gasteiger partial charge on any atom is 0.237 e. The van der Waals surface area contributed by atoms with Crippen molar-refractivity contribution in [2.75, 3.05) is 31.6 Å². The second kappa shape index (κ2) is 6.26. The lowest BCUT2D eigenvalue weighted by Crippen LogP contribution is -2.43. The van der Waals surface area contributed by atoms with E-state index in [1.165, 1.54) is 25.9 Å². The molecule has 0 aliphatic carbocycles. The molecule has 24 heavy (non-hydrogen) atoms. The highest BCUT2D eigenvalue weighted by atomic mass is 32.2. The molecule has 0 N–H and O–H groups in total. The average molecular weight is 339 g/mol. The van der Waals surface area contributed by atoms with Crippen LogP contribution in [0.1, 0.15) is 19.3 Å². The van der Waals surface area contributed by atoms with Gasteiger partial charge in [0.1, 0.15) is 0 Å². The van der Waals surface area contributed by atoms with E-state index >= 15 is 0 Å². The minimum Gasteiger partial charge on any atom is -0.326 e. The summed E-state index contributed by atoms with van der Waals surface area (Å²) in [4.78, 5) is 17.4. The van der Waals surface area contributed by atoms with Crippen LogP contribution in [-0.4, -0.2) is 37.1 Å². The van der Waals surface area contributed by atoms with Crippen molar-refractivity contribution in [1.82, 2.24) is 0 Å². The van der Waals surface area contributed by atoms with Gasteiger partial charge < -0.3 is 4.48 Å². The van der Waals surface area contributed by atoms with Crippen LogP contribution in [0, 0.1) is 0 Å². The predicted octanol–water partition coefficient (Wildman–Crippen LogP) is 4.45. The van der Waals surface area contributed by atoms with E-state index in [-0.39, 0.29) is 5.91 Å². The van der Waals surface area contributed by atoms with E-state index < -0.39 is 0 Å². The highest BCUT2D eigenvalue weighted by molar-refractivity contribution is 7.99. The number of anilines is 2. The Balaban J connectivity index is 1.63. The number of hydrogen-bond donors (Lipinski definition) is 0. The number of quaternary nitrogens is 1. The van der Waals surface area contributed by atoms with Gasteiger partial charge >= 0.3 is 0 Å². The van der Waals surface area contributed by atoms with E-state index in [0.29, 0.717) is 6.42 Å². The van der Waals surface area contributed by atoms with Crippen molar-refractivity contribution in [1.29, 1.82) is 0 Å². The molecule has 0 saturated carbocycles. The molecule has 4 rings (SSSR count). The van der Waals surface area contributed by atoms with Crippen molar-refractivity contribution in [3.8, 4) is 0 Å². The number of likely N-dealkylation sites (tertiary alicyclic amines) is 1. The summed E-state index contributed by atoms with van der Waals surface area (Å²) in [5.41, 5.74) is 2.05. The van der Waals surface area contributed by atoms with Crippen LogP contribution >= 0.6 is 11.8 Å². The van der Waals surface area contributed by atoms with Crippen LogP contribution in [0.4, 0.5) is 11.4 Å². The summed E-state index contributed by atoms with van der Waals surface area (Å²) in [6, 6.07) is 16.4. The Kier molecular flexibility index (Phi) is 4.10. The molecule has 3 nitrogen and oxygen atoms in total. The van der Waals surface area contributed by atoms with Crippen LogP contribution in [0.25, 0.3) is 0 Å². The number of para-hydroxylation sites is 2. The molecule has 0 aromatic heterocycles. The summed E-state index contributed by atoms with van der Waals surface area (Å²) in [6.07, 6.45) is 3.18. The third-order valence-corrected chi connectivity index (χ3v) is 6.32. The summed E-state index contributed by atoms with van der Waals surface area (Å²) in [6.45, 7) is 3.35. The van der Waals surface area contributed by atoms with E-state index in [4.69, 9.17) is 0 Å². The maximum absolute atomic E-state index is 13.1. The zero-order chi connectivity index (χ0) is 16.6. The Morgan fingerprint density at radius 3 is 2.12 bits per heavy atom. The number of amides is 1. The largest absolute Gasteiger partial charge is 0.326 e. The monoisotopic (exact) mass is 339 g/mol. The van der Waals surface area contributed by atoms with Gasteiger partial charge in [-0.15, -0.1) is 0 Å². The molecule has 2 aromatic rings. The maximum atomic E-state index is 13.1. The highest BCUT2D eigenvalue weighted by Crippen LogP contribution is 2.48. The molecule has 0 unspecified atom stereocenters. The van der Waals surface area contributed by atoms with Crippen molar-refractivity contribution in [3.05, 3.63) is 48.5 Å². The van der Waals surface area contributed by atoms with Gasteiger partial charge in [-0.05, 0) is 24.3 Å². The van der Waals surface area contributed by atoms with Gasteiger partial charge in [0.25, 0.3) is 0 Å². The molecule has 0 bridgehead atoms. The SMILES string of the molecule is C[N+]1(CCC(=O)N2c3ccccc3Sc3ccccc32)CCCC1. The van der Waals surface area contributed by atoms with E-state index in [2.05, 4.69) is 31.3 Å². The first-order valence-electron chi connectivity index (χ1n) is 8.69. The van der Waals surface area contributed by atoms with Crippen molar-refractivity contribution < 1.29 is 9.28 Å². The number of rotatable bonds is 3. The molecule has 2 aromatic carbocycles. The van der Waals surface area contributed by atoms with Gasteiger partial charge in [-0.1, -0.05) is 36.0 Å². The fourth-order valence-electron chi connectivity index (χ4n) is 3.77. The topological polar surface area (TPSA) is 20.3 Å². The molecule has 124 valence electrons. The van der Waals surface area contributed by atoms with Gasteiger partial charge in [-0.25, -0.2) is 0 Å². The third-order valence-electron chi connectivity index (χ3n) is 5.19. The Labute approximate surface area is 147 Å². The zero-order valence-corrected chi connectivity index (χ0v) is 14.9. The van der Waals surface area contributed by atoms with E-state index in [9.17, 15) is 4.79 Å². The fraction of sp³-hybridized carbons (Fsp3) is 0.350. The van der Waals surface area contributed by atoms with Crippen molar-refractivity contribution in [2.45, 2.75) is 29.1 Å². The van der Waals surface area contributed by atoms with Gasteiger partial charge in [-0.2, -0.15) is 0 Å². The van der Waals surface area contributed by atoms with Crippen LogP contribution in [-0.2, 0) is 4.79 Å². The Morgan fingerprint density at radius 1 is 1.00 bits per heavy atom. The van der Waals surface area contributed by atoms with Crippen LogP contribution in [0.15, 0.2) is 58.3 Å². The smallest absolute Gasteiger partial charge is 0.237 e. The summed E-state index contributed by atoms with van der Waals surface area (Å²) in [7, 11) is 2.29. The molecular formula is C20H23N2OS+. The third kappa shape index (κ3) is 2.85. The van der Waals surface area contributed by atoms with Crippen molar-refractivity contribution >= 4 is 29.0 Å². The van der Waals surface area contributed by atoms with Gasteiger partial charge in [-0.3, -0.25) is 9.69 Å². The van der Waals surface area contributed by atoms with Gasteiger partial charge in [0.15, 0.2) is 0 Å². The Bertz CT molecular complexity index is 722. The number of nitrogens with zero attached hydrogens (tertiary/aromatic N) is 2. The van der Waals surface area contributed by atoms with Crippen LogP contribution in [0.5, 0.6) is 0 Å². The summed E-state index contributed by atoms with van der Waals surface area (Å²) in [5, 5.41) is 0. The van der Waals surface area contributed by atoms with Gasteiger partial charge in [0.2, 0.25) is 5.91 Å². The lowest BCUT2D eigenvalue weighted by molar-refractivity contribution is -0.897. The van der Waals surface area contributed by atoms with E-state index in [0.717, 1.165) is 32.2 Å². The molecule has 1 saturated heterocycles. The molecule has 0 spiro atoms. The molecule has 0 radical (unpaired) electrons. The van der Waals surface area contributed by atoms with Crippen molar-refractivity contribution in [2.24, 2.45) is 0 Å². The quantitative estimate of drug-likeness (QED) is 0.770. The summed E-state index contributed by atoms with van der Waals surface area (Å²) < 4.78 is 1.04. The first kappa shape index (κ1) is 15.7. The summed E-state index contributed by atoms with van der Waals surface area (Å²) in [5.74, 6) is 0.210. The number of carbonyl (C=O) groups is 1. The lowest BCUT2D eigenvalue weighted by Gasteiger charge is -2.33. The minimum atomic E-state index is 0.210. The van der Waals surface area contributed by atoms with Crippen molar-refractivity contribution in [3.63, 3.8) is 0 Å². The van der Waals surface area contributed by atoms with Crippen LogP contribution in [0.2, 0.25) is 0 Å². The predicted molar refractivity (Wildman–Crippen MR) is 98.8 cm³/mol. The van der Waals surface area contributed by atoms with Crippen LogP contribution in [0.3, 0.4) is 0 Å². The standard InChI is InChI=1S/C20H23N2OS/c1-22(13-6-7-14-22)15-12-20(23)21-16-8-2-4-10-18(16)24-19-11-5-3-9-17(19)21/h2-5,8-11H,6-7,12-15H2,1H3/q+1. The molecule has 2 heterocycles. The number of benzene rings is 2.